The molecular formula is C24H24N2O4. The predicted octanol–water partition coefficient (Wildman–Crippen LogP) is 4.22. The number of carbonyl (C=O) groups excluding carboxylic acids is 1. The second-order valence-corrected chi connectivity index (χ2v) is 6.90. The predicted molar refractivity (Wildman–Crippen MR) is 112 cm³/mol. The summed E-state index contributed by atoms with van der Waals surface area (Å²) >= 11 is 0. The van der Waals surface area contributed by atoms with Crippen LogP contribution in [0.15, 0.2) is 71.3 Å². The molecule has 6 nitrogen and oxygen atoms in total. The fourth-order valence-electron chi connectivity index (χ4n) is 3.38. The number of esters is 1. The van der Waals surface area contributed by atoms with Crippen LogP contribution in [0.5, 0.6) is 5.75 Å². The van der Waals surface area contributed by atoms with Gasteiger partial charge in [0.05, 0.1) is 18.1 Å². The Morgan fingerprint density at radius 1 is 1.17 bits per heavy atom. The van der Waals surface area contributed by atoms with Gasteiger partial charge in [0, 0.05) is 0 Å². The molecule has 6 heteroatoms. The second kappa shape index (κ2) is 9.19. The first-order chi connectivity index (χ1) is 14.5. The molecule has 1 atom stereocenters. The SMILES string of the molecule is CCOC(=O)C1=C(C)OC(N)=C(C#N)C1c1ccc(OCc2ccccc2C)cc1. The number of benzene rings is 2. The third kappa shape index (κ3) is 4.31. The lowest BCUT2D eigenvalue weighted by Gasteiger charge is -2.26. The normalized spacial score (nSPS) is 16.0. The largest absolute Gasteiger partial charge is 0.489 e. The first-order valence-electron chi connectivity index (χ1n) is 9.69. The Morgan fingerprint density at radius 2 is 1.87 bits per heavy atom. The van der Waals surface area contributed by atoms with E-state index in [0.717, 1.165) is 16.7 Å². The molecule has 0 aliphatic carbocycles. The highest BCUT2D eigenvalue weighted by Gasteiger charge is 2.36. The number of carbonyl (C=O) groups is 1. The standard InChI is InChI=1S/C24H24N2O4/c1-4-28-24(27)21-16(3)30-23(26)20(13-25)22(21)17-9-11-19(12-10-17)29-14-18-8-6-5-7-15(18)2/h5-12,22H,4,14,26H2,1-3H3. The molecule has 1 unspecified atom stereocenters. The van der Waals surface area contributed by atoms with E-state index in [1.54, 1.807) is 13.8 Å². The minimum absolute atomic E-state index is 0.00655. The Labute approximate surface area is 176 Å². The van der Waals surface area contributed by atoms with E-state index in [0.29, 0.717) is 18.1 Å². The van der Waals surface area contributed by atoms with Gasteiger partial charge in [-0.25, -0.2) is 4.79 Å². The number of allylic oxidation sites excluding steroid dienone is 2. The van der Waals surface area contributed by atoms with E-state index < -0.39 is 11.9 Å². The fourth-order valence-corrected chi connectivity index (χ4v) is 3.38. The summed E-state index contributed by atoms with van der Waals surface area (Å²) in [4.78, 5) is 12.6. The number of nitriles is 1. The van der Waals surface area contributed by atoms with Crippen molar-refractivity contribution in [1.82, 2.24) is 0 Å². The lowest BCUT2D eigenvalue weighted by atomic mass is 9.83. The summed E-state index contributed by atoms with van der Waals surface area (Å²) in [5, 5.41) is 9.63. The average molecular weight is 404 g/mol. The van der Waals surface area contributed by atoms with Gasteiger partial charge < -0.3 is 19.9 Å². The number of hydrogen-bond donors (Lipinski definition) is 1. The van der Waals surface area contributed by atoms with Crippen molar-refractivity contribution in [3.63, 3.8) is 0 Å². The van der Waals surface area contributed by atoms with Crippen molar-refractivity contribution in [2.75, 3.05) is 6.61 Å². The molecule has 1 aliphatic heterocycles. The minimum atomic E-state index is -0.659. The molecule has 1 heterocycles. The third-order valence-electron chi connectivity index (χ3n) is 4.97. The Kier molecular flexibility index (Phi) is 6.43. The molecule has 0 saturated carbocycles. The Bertz CT molecular complexity index is 1050. The molecule has 2 N–H and O–H groups in total. The van der Waals surface area contributed by atoms with Crippen LogP contribution < -0.4 is 10.5 Å². The van der Waals surface area contributed by atoms with Crippen LogP contribution in [-0.2, 0) is 20.9 Å². The Hall–Kier alpha value is -3.72. The zero-order valence-corrected chi connectivity index (χ0v) is 17.3. The van der Waals surface area contributed by atoms with Crippen LogP contribution in [0.25, 0.3) is 0 Å². The topological polar surface area (TPSA) is 94.6 Å². The van der Waals surface area contributed by atoms with Crippen molar-refractivity contribution in [1.29, 1.82) is 5.26 Å². The van der Waals surface area contributed by atoms with Crippen LogP contribution in [-0.4, -0.2) is 12.6 Å². The quantitative estimate of drug-likeness (QED) is 0.725. The summed E-state index contributed by atoms with van der Waals surface area (Å²) in [6.45, 7) is 6.07. The number of nitrogens with zero attached hydrogens (tertiary/aromatic N) is 1. The molecule has 3 rings (SSSR count). The maximum absolute atomic E-state index is 12.6. The molecule has 2 aromatic carbocycles. The first kappa shape index (κ1) is 21.0. The van der Waals surface area contributed by atoms with Crippen LogP contribution in [0.1, 0.15) is 36.5 Å². The summed E-state index contributed by atoms with van der Waals surface area (Å²) in [6.07, 6.45) is 0. The number of ether oxygens (including phenoxy) is 3. The number of aryl methyl sites for hydroxylation is 1. The van der Waals surface area contributed by atoms with Crippen LogP contribution >= 0.6 is 0 Å². The van der Waals surface area contributed by atoms with Crippen LogP contribution in [0.4, 0.5) is 0 Å². The third-order valence-corrected chi connectivity index (χ3v) is 4.97. The van der Waals surface area contributed by atoms with Crippen molar-refractivity contribution in [2.45, 2.75) is 33.3 Å². The second-order valence-electron chi connectivity index (χ2n) is 6.90. The smallest absolute Gasteiger partial charge is 0.338 e. The number of hydrogen-bond acceptors (Lipinski definition) is 6. The van der Waals surface area contributed by atoms with Crippen LogP contribution in [0.2, 0.25) is 0 Å². The summed E-state index contributed by atoms with van der Waals surface area (Å²) < 4.78 is 16.5. The van der Waals surface area contributed by atoms with Crippen molar-refractivity contribution < 1.29 is 19.0 Å². The summed E-state index contributed by atoms with van der Waals surface area (Å²) in [7, 11) is 0. The van der Waals surface area contributed by atoms with E-state index >= 15 is 0 Å². The lowest BCUT2D eigenvalue weighted by molar-refractivity contribution is -0.139. The van der Waals surface area contributed by atoms with E-state index in [2.05, 4.69) is 6.07 Å². The van der Waals surface area contributed by atoms with Gasteiger partial charge in [0.15, 0.2) is 0 Å². The van der Waals surface area contributed by atoms with Crippen molar-refractivity contribution in [3.8, 4) is 11.8 Å². The fraction of sp³-hybridized carbons (Fsp3) is 0.250. The maximum atomic E-state index is 12.6. The molecule has 0 radical (unpaired) electrons. The van der Waals surface area contributed by atoms with Gasteiger partial charge in [0.1, 0.15) is 29.8 Å². The molecular weight excluding hydrogens is 380 g/mol. The minimum Gasteiger partial charge on any atom is -0.489 e. The summed E-state index contributed by atoms with van der Waals surface area (Å²) in [5.74, 6) is -0.181. The average Bonchev–Trinajstić information content (AvgIpc) is 2.73. The van der Waals surface area contributed by atoms with E-state index in [9.17, 15) is 10.1 Å². The van der Waals surface area contributed by atoms with E-state index in [1.165, 1.54) is 0 Å². The van der Waals surface area contributed by atoms with Crippen LogP contribution in [0.3, 0.4) is 0 Å². The monoisotopic (exact) mass is 404 g/mol. The van der Waals surface area contributed by atoms with Gasteiger partial charge in [-0.3, -0.25) is 0 Å². The van der Waals surface area contributed by atoms with Crippen molar-refractivity contribution >= 4 is 5.97 Å². The lowest BCUT2D eigenvalue weighted by Crippen LogP contribution is -2.25. The Balaban J connectivity index is 1.88. The molecule has 1 aliphatic rings. The molecule has 30 heavy (non-hydrogen) atoms. The maximum Gasteiger partial charge on any atom is 0.338 e. The number of rotatable bonds is 6. The van der Waals surface area contributed by atoms with Crippen molar-refractivity contribution in [2.24, 2.45) is 5.73 Å². The van der Waals surface area contributed by atoms with Gasteiger partial charge in [-0.15, -0.1) is 0 Å². The highest BCUT2D eigenvalue weighted by atomic mass is 16.5. The molecule has 0 amide bonds. The zero-order valence-electron chi connectivity index (χ0n) is 17.3. The molecule has 0 spiro atoms. The van der Waals surface area contributed by atoms with Gasteiger partial charge in [0.2, 0.25) is 5.88 Å². The zero-order chi connectivity index (χ0) is 21.7. The first-order valence-corrected chi connectivity index (χ1v) is 9.69. The summed E-state index contributed by atoms with van der Waals surface area (Å²) in [6, 6.07) is 17.4. The summed E-state index contributed by atoms with van der Waals surface area (Å²) in [5.41, 5.74) is 9.37. The van der Waals surface area contributed by atoms with E-state index in [1.807, 2.05) is 55.5 Å². The van der Waals surface area contributed by atoms with Crippen molar-refractivity contribution in [3.05, 3.63) is 88.0 Å². The number of nitrogens with two attached hydrogens (primary N) is 1. The van der Waals surface area contributed by atoms with E-state index in [-0.39, 0.29) is 23.6 Å². The molecule has 0 fully saturated rings. The molecule has 2 aromatic rings. The highest BCUT2D eigenvalue weighted by Crippen LogP contribution is 2.40. The molecule has 154 valence electrons. The highest BCUT2D eigenvalue weighted by molar-refractivity contribution is 5.92. The molecule has 0 aromatic heterocycles. The Morgan fingerprint density at radius 3 is 2.50 bits per heavy atom. The molecule has 0 saturated heterocycles. The van der Waals surface area contributed by atoms with E-state index in [4.69, 9.17) is 19.9 Å². The van der Waals surface area contributed by atoms with Gasteiger partial charge in [0.25, 0.3) is 0 Å². The van der Waals surface area contributed by atoms with Gasteiger partial charge >= 0.3 is 5.97 Å². The van der Waals surface area contributed by atoms with Gasteiger partial charge in [-0.05, 0) is 49.6 Å². The van der Waals surface area contributed by atoms with Crippen LogP contribution in [0, 0.1) is 18.3 Å². The van der Waals surface area contributed by atoms with Gasteiger partial charge in [-0.2, -0.15) is 5.26 Å². The molecule has 0 bridgehead atoms. The van der Waals surface area contributed by atoms with Gasteiger partial charge in [-0.1, -0.05) is 36.4 Å².